The third-order valence-electron chi connectivity index (χ3n) is 6.38. The first-order valence-electron chi connectivity index (χ1n) is 12.2. The molecule has 0 aliphatic carbocycles. The Balaban J connectivity index is 1.68. The molecule has 10 heteroatoms. The van der Waals surface area contributed by atoms with E-state index in [0.717, 1.165) is 22.4 Å². The number of aryl methyl sites for hydroxylation is 1. The van der Waals surface area contributed by atoms with Crippen molar-refractivity contribution >= 4 is 44.5 Å². The summed E-state index contributed by atoms with van der Waals surface area (Å²) in [4.78, 5) is 32.5. The number of sulfone groups is 1. The van der Waals surface area contributed by atoms with Gasteiger partial charge in [-0.1, -0.05) is 54.2 Å². The molecule has 2 aliphatic rings. The smallest absolute Gasteiger partial charge is 0.408 e. The van der Waals surface area contributed by atoms with Gasteiger partial charge < -0.3 is 15.0 Å². The molecule has 2 saturated heterocycles. The zero-order valence-corrected chi connectivity index (χ0v) is 23.4. The molecule has 2 amide bonds. The Morgan fingerprint density at radius 3 is 2.49 bits per heavy atom. The molecule has 2 aliphatic heterocycles. The van der Waals surface area contributed by atoms with E-state index in [2.05, 4.69) is 10.3 Å². The van der Waals surface area contributed by atoms with Crippen LogP contribution in [0.2, 0.25) is 0 Å². The van der Waals surface area contributed by atoms with E-state index in [9.17, 15) is 18.0 Å². The van der Waals surface area contributed by atoms with E-state index in [0.29, 0.717) is 5.17 Å². The van der Waals surface area contributed by atoms with Crippen molar-refractivity contribution in [2.45, 2.75) is 64.0 Å². The molecule has 8 nitrogen and oxygen atoms in total. The standard InChI is InChI=1S/C27H33N3O5S2/c1-17-10-9-13-21(18(17)2)30-22-15-37(33,34)16-23(22)36-25(30)29-24(31)20(14-19-11-7-6-8-12-19)28-26(32)35-27(3,4)5/h6-13,20,22-23H,14-16H2,1-5H3,(H,28,32)/t20-,22-,23-/m1/s1. The summed E-state index contributed by atoms with van der Waals surface area (Å²) in [5, 5.41) is 2.92. The second-order valence-electron chi connectivity index (χ2n) is 10.5. The number of anilines is 1. The van der Waals surface area contributed by atoms with Crippen LogP contribution in [-0.2, 0) is 25.8 Å². The van der Waals surface area contributed by atoms with Crippen LogP contribution in [0.5, 0.6) is 0 Å². The molecule has 1 N–H and O–H groups in total. The number of amidine groups is 1. The number of benzene rings is 2. The first-order valence-corrected chi connectivity index (χ1v) is 14.9. The molecule has 2 heterocycles. The van der Waals surface area contributed by atoms with Crippen LogP contribution in [0.25, 0.3) is 0 Å². The maximum Gasteiger partial charge on any atom is 0.408 e. The number of amides is 2. The number of alkyl carbamates (subject to hydrolysis) is 1. The van der Waals surface area contributed by atoms with Crippen molar-refractivity contribution in [3.63, 3.8) is 0 Å². The van der Waals surface area contributed by atoms with E-state index in [1.165, 1.54) is 11.8 Å². The topological polar surface area (TPSA) is 105 Å². The molecular weight excluding hydrogens is 510 g/mol. The van der Waals surface area contributed by atoms with Gasteiger partial charge >= 0.3 is 6.09 Å². The predicted molar refractivity (Wildman–Crippen MR) is 148 cm³/mol. The average molecular weight is 544 g/mol. The van der Waals surface area contributed by atoms with Crippen LogP contribution in [0.4, 0.5) is 10.5 Å². The number of hydrogen-bond acceptors (Lipinski definition) is 6. The van der Waals surface area contributed by atoms with E-state index in [1.54, 1.807) is 20.8 Å². The number of carbonyl (C=O) groups is 2. The third kappa shape index (κ3) is 6.54. The molecule has 0 radical (unpaired) electrons. The lowest BCUT2D eigenvalue weighted by Crippen LogP contribution is -2.45. The summed E-state index contributed by atoms with van der Waals surface area (Å²) in [6, 6.07) is 14.0. The van der Waals surface area contributed by atoms with E-state index in [4.69, 9.17) is 4.74 Å². The first-order chi connectivity index (χ1) is 17.3. The summed E-state index contributed by atoms with van der Waals surface area (Å²) in [5.74, 6) is -0.467. The number of nitrogens with zero attached hydrogens (tertiary/aromatic N) is 2. The van der Waals surface area contributed by atoms with Gasteiger partial charge in [0.2, 0.25) is 0 Å². The number of nitrogens with one attached hydrogen (secondary N) is 1. The zero-order chi connectivity index (χ0) is 27.0. The normalized spacial score (nSPS) is 22.5. The lowest BCUT2D eigenvalue weighted by molar-refractivity contribution is -0.119. The quantitative estimate of drug-likeness (QED) is 0.607. The van der Waals surface area contributed by atoms with E-state index < -0.39 is 33.5 Å². The maximum absolute atomic E-state index is 13.6. The van der Waals surface area contributed by atoms with Crippen molar-refractivity contribution in [2.75, 3.05) is 16.4 Å². The number of fused-ring (bicyclic) bond motifs is 1. The number of aliphatic imine (C=N–C) groups is 1. The van der Waals surface area contributed by atoms with Crippen LogP contribution in [0.15, 0.2) is 53.5 Å². The highest BCUT2D eigenvalue weighted by Crippen LogP contribution is 2.42. The SMILES string of the molecule is Cc1cccc(N2C(=NC(=O)[C@@H](Cc3ccccc3)NC(=O)OC(C)(C)C)S[C@@H]3CS(=O)(=O)C[C@H]32)c1C. The number of hydrogen-bond donors (Lipinski definition) is 1. The summed E-state index contributed by atoms with van der Waals surface area (Å²) in [6.45, 7) is 9.24. The van der Waals surface area contributed by atoms with Crippen molar-refractivity contribution in [1.29, 1.82) is 0 Å². The van der Waals surface area contributed by atoms with Crippen molar-refractivity contribution in [1.82, 2.24) is 5.32 Å². The molecular formula is C27H33N3O5S2. The van der Waals surface area contributed by atoms with Crippen LogP contribution in [0, 0.1) is 13.8 Å². The minimum atomic E-state index is -3.19. The molecule has 2 aromatic carbocycles. The van der Waals surface area contributed by atoms with Gasteiger partial charge in [0.05, 0.1) is 17.5 Å². The molecule has 0 bridgehead atoms. The van der Waals surface area contributed by atoms with Crippen LogP contribution in [0.3, 0.4) is 0 Å². The van der Waals surface area contributed by atoms with Crippen LogP contribution >= 0.6 is 11.8 Å². The van der Waals surface area contributed by atoms with E-state index in [1.807, 2.05) is 67.3 Å². The molecule has 0 spiro atoms. The molecule has 3 atom stereocenters. The highest BCUT2D eigenvalue weighted by atomic mass is 32.2. The lowest BCUT2D eigenvalue weighted by atomic mass is 10.1. The van der Waals surface area contributed by atoms with Gasteiger partial charge in [-0.15, -0.1) is 0 Å². The largest absolute Gasteiger partial charge is 0.444 e. The Labute approximate surface area is 222 Å². The Kier molecular flexibility index (Phi) is 7.71. The monoisotopic (exact) mass is 543 g/mol. The summed E-state index contributed by atoms with van der Waals surface area (Å²) in [6.07, 6.45) is -0.458. The molecule has 0 saturated carbocycles. The van der Waals surface area contributed by atoms with Gasteiger partial charge in [-0.2, -0.15) is 4.99 Å². The van der Waals surface area contributed by atoms with Gasteiger partial charge in [0, 0.05) is 17.4 Å². The zero-order valence-electron chi connectivity index (χ0n) is 21.7. The van der Waals surface area contributed by atoms with Gasteiger partial charge in [0.25, 0.3) is 5.91 Å². The van der Waals surface area contributed by atoms with E-state index in [-0.39, 0.29) is 29.2 Å². The van der Waals surface area contributed by atoms with Crippen LogP contribution < -0.4 is 10.2 Å². The minimum Gasteiger partial charge on any atom is -0.444 e. The fraction of sp³-hybridized carbons (Fsp3) is 0.444. The molecule has 4 rings (SSSR count). The first kappa shape index (κ1) is 27.2. The summed E-state index contributed by atoms with van der Waals surface area (Å²) >= 11 is 1.31. The number of ether oxygens (including phenoxy) is 1. The van der Waals surface area contributed by atoms with Gasteiger partial charge in [0.15, 0.2) is 15.0 Å². The second-order valence-corrected chi connectivity index (χ2v) is 13.9. The van der Waals surface area contributed by atoms with Gasteiger partial charge in [-0.25, -0.2) is 13.2 Å². The number of carbonyl (C=O) groups excluding carboxylic acids is 2. The Morgan fingerprint density at radius 1 is 1.11 bits per heavy atom. The summed E-state index contributed by atoms with van der Waals surface area (Å²) < 4.78 is 30.3. The van der Waals surface area contributed by atoms with Gasteiger partial charge in [0.1, 0.15) is 11.6 Å². The Bertz CT molecular complexity index is 1320. The predicted octanol–water partition coefficient (Wildman–Crippen LogP) is 4.04. The highest BCUT2D eigenvalue weighted by molar-refractivity contribution is 8.16. The third-order valence-corrected chi connectivity index (χ3v) is 9.59. The molecule has 2 fully saturated rings. The number of thioether (sulfide) groups is 1. The van der Waals surface area contributed by atoms with Crippen LogP contribution in [-0.4, -0.2) is 60.0 Å². The molecule has 37 heavy (non-hydrogen) atoms. The van der Waals surface area contributed by atoms with E-state index >= 15 is 0 Å². The van der Waals surface area contributed by atoms with Crippen molar-refractivity contribution in [3.8, 4) is 0 Å². The summed E-state index contributed by atoms with van der Waals surface area (Å²) in [7, 11) is -3.19. The van der Waals surface area contributed by atoms with Gasteiger partial charge in [-0.3, -0.25) is 4.79 Å². The lowest BCUT2D eigenvalue weighted by Gasteiger charge is -2.27. The van der Waals surface area contributed by atoms with Crippen molar-refractivity contribution in [3.05, 3.63) is 65.2 Å². The second kappa shape index (κ2) is 10.5. The Morgan fingerprint density at radius 2 is 1.81 bits per heavy atom. The van der Waals surface area contributed by atoms with Crippen molar-refractivity contribution < 1.29 is 22.7 Å². The Hall–Kier alpha value is -2.85. The molecule has 0 aromatic heterocycles. The van der Waals surface area contributed by atoms with Crippen molar-refractivity contribution in [2.24, 2.45) is 4.99 Å². The fourth-order valence-electron chi connectivity index (χ4n) is 4.51. The maximum atomic E-state index is 13.6. The summed E-state index contributed by atoms with van der Waals surface area (Å²) in [5.41, 5.74) is 3.04. The number of rotatable bonds is 5. The van der Waals surface area contributed by atoms with Gasteiger partial charge in [-0.05, 0) is 57.4 Å². The molecule has 2 aromatic rings. The molecule has 198 valence electrons. The van der Waals surface area contributed by atoms with Crippen LogP contribution in [0.1, 0.15) is 37.5 Å². The molecule has 0 unspecified atom stereocenters. The fourth-order valence-corrected chi connectivity index (χ4v) is 8.43. The average Bonchev–Trinajstić information content (AvgIpc) is 3.25. The minimum absolute atomic E-state index is 0.00879. The highest BCUT2D eigenvalue weighted by Gasteiger charge is 2.50.